The van der Waals surface area contributed by atoms with Crippen molar-refractivity contribution in [2.24, 2.45) is 0 Å². The van der Waals surface area contributed by atoms with Crippen LogP contribution in [0.2, 0.25) is 0 Å². The van der Waals surface area contributed by atoms with E-state index >= 15 is 0 Å². The van der Waals surface area contributed by atoms with E-state index in [9.17, 15) is 14.9 Å². The molecule has 29 heavy (non-hydrogen) atoms. The molecule has 1 aliphatic heterocycles. The van der Waals surface area contributed by atoms with Gasteiger partial charge in [-0.3, -0.25) is 19.8 Å². The first-order chi connectivity index (χ1) is 13.9. The number of rotatable bonds is 7. The maximum absolute atomic E-state index is 12.2. The molecular weight excluding hydrogens is 372 g/mol. The summed E-state index contributed by atoms with van der Waals surface area (Å²) in [5.41, 5.74) is 0.712. The van der Waals surface area contributed by atoms with Gasteiger partial charge in [-0.25, -0.2) is 0 Å². The molecule has 0 aromatic heterocycles. The van der Waals surface area contributed by atoms with Crippen LogP contribution < -0.4 is 10.6 Å². The third kappa shape index (κ3) is 5.25. The lowest BCUT2D eigenvalue weighted by molar-refractivity contribution is -0.384. The Morgan fingerprint density at radius 1 is 1.24 bits per heavy atom. The number of amides is 1. The van der Waals surface area contributed by atoms with Crippen LogP contribution in [-0.4, -0.2) is 60.2 Å². The largest absolute Gasteiger partial charge is 0.379 e. The van der Waals surface area contributed by atoms with Gasteiger partial charge in [0, 0.05) is 42.8 Å². The Morgan fingerprint density at radius 2 is 1.93 bits per heavy atom. The van der Waals surface area contributed by atoms with E-state index in [1.807, 2.05) is 13.8 Å². The molecule has 8 heteroatoms. The van der Waals surface area contributed by atoms with E-state index in [1.165, 1.54) is 25.3 Å². The minimum atomic E-state index is -0.420. The number of anilines is 1. The fourth-order valence-corrected chi connectivity index (χ4v) is 4.43. The van der Waals surface area contributed by atoms with Gasteiger partial charge in [-0.15, -0.1) is 0 Å². The molecular formula is C21H32N4O4. The van der Waals surface area contributed by atoms with Gasteiger partial charge in [-0.05, 0) is 38.8 Å². The second kappa shape index (κ2) is 9.54. The second-order valence-corrected chi connectivity index (χ2v) is 8.36. The standard InChI is InChI=1S/C21H32N4O4/c1-16(2)23-20(26)17-6-7-18(19(14-17)25(27)28)22-15-21(8-4-3-5-9-21)24-10-12-29-13-11-24/h6-7,14,16,22H,3-5,8-13,15H2,1-2H3,(H,23,26). The molecule has 160 valence electrons. The smallest absolute Gasteiger partial charge is 0.293 e. The van der Waals surface area contributed by atoms with Crippen molar-refractivity contribution < 1.29 is 14.5 Å². The lowest BCUT2D eigenvalue weighted by atomic mass is 9.79. The number of morpholine rings is 1. The summed E-state index contributed by atoms with van der Waals surface area (Å²) in [6, 6.07) is 4.64. The van der Waals surface area contributed by atoms with E-state index in [0.29, 0.717) is 17.8 Å². The van der Waals surface area contributed by atoms with E-state index in [4.69, 9.17) is 4.74 Å². The van der Waals surface area contributed by atoms with Gasteiger partial charge in [0.05, 0.1) is 18.1 Å². The van der Waals surface area contributed by atoms with E-state index < -0.39 is 4.92 Å². The molecule has 2 aliphatic rings. The monoisotopic (exact) mass is 404 g/mol. The van der Waals surface area contributed by atoms with Crippen molar-refractivity contribution in [3.8, 4) is 0 Å². The molecule has 3 rings (SSSR count). The number of carbonyl (C=O) groups excluding carboxylic acids is 1. The topological polar surface area (TPSA) is 96.7 Å². The maximum Gasteiger partial charge on any atom is 0.293 e. The van der Waals surface area contributed by atoms with E-state index in [2.05, 4.69) is 15.5 Å². The molecule has 0 spiro atoms. The van der Waals surface area contributed by atoms with Gasteiger partial charge in [0.15, 0.2) is 0 Å². The predicted octanol–water partition coefficient (Wildman–Crippen LogP) is 3.18. The number of nitro benzene ring substituents is 1. The number of nitro groups is 1. The van der Waals surface area contributed by atoms with Crippen molar-refractivity contribution >= 4 is 17.3 Å². The molecule has 0 radical (unpaired) electrons. The van der Waals surface area contributed by atoms with Crippen LogP contribution in [-0.2, 0) is 4.74 Å². The lowest BCUT2D eigenvalue weighted by Crippen LogP contribution is -2.58. The van der Waals surface area contributed by atoms with Crippen LogP contribution in [0.1, 0.15) is 56.3 Å². The Bertz CT molecular complexity index is 725. The highest BCUT2D eigenvalue weighted by Gasteiger charge is 2.38. The average Bonchev–Trinajstić information content (AvgIpc) is 2.73. The minimum absolute atomic E-state index is 0.00356. The van der Waals surface area contributed by atoms with Crippen LogP contribution in [0.4, 0.5) is 11.4 Å². The number of carbonyl (C=O) groups is 1. The third-order valence-corrected chi connectivity index (χ3v) is 5.95. The molecule has 1 aromatic rings. The number of ether oxygens (including phenoxy) is 1. The Morgan fingerprint density at radius 3 is 2.55 bits per heavy atom. The van der Waals surface area contributed by atoms with Gasteiger partial charge in [0.25, 0.3) is 11.6 Å². The molecule has 0 unspecified atom stereocenters. The van der Waals surface area contributed by atoms with Crippen LogP contribution in [0.15, 0.2) is 18.2 Å². The van der Waals surface area contributed by atoms with Gasteiger partial charge in [-0.1, -0.05) is 19.3 Å². The van der Waals surface area contributed by atoms with Crippen molar-refractivity contribution in [1.82, 2.24) is 10.2 Å². The van der Waals surface area contributed by atoms with Crippen LogP contribution in [0.5, 0.6) is 0 Å². The lowest BCUT2D eigenvalue weighted by Gasteiger charge is -2.48. The summed E-state index contributed by atoms with van der Waals surface area (Å²) in [5.74, 6) is -0.299. The fourth-order valence-electron chi connectivity index (χ4n) is 4.43. The highest BCUT2D eigenvalue weighted by Crippen LogP contribution is 2.35. The summed E-state index contributed by atoms with van der Waals surface area (Å²) >= 11 is 0. The molecule has 1 saturated heterocycles. The second-order valence-electron chi connectivity index (χ2n) is 8.36. The summed E-state index contributed by atoms with van der Waals surface area (Å²) in [6.07, 6.45) is 5.77. The number of hydrogen-bond acceptors (Lipinski definition) is 6. The Balaban J connectivity index is 1.78. The Labute approximate surface area is 172 Å². The van der Waals surface area contributed by atoms with Gasteiger partial charge >= 0.3 is 0 Å². The van der Waals surface area contributed by atoms with Gasteiger partial charge in [0.2, 0.25) is 0 Å². The molecule has 1 saturated carbocycles. The van der Waals surface area contributed by atoms with Crippen LogP contribution in [0.25, 0.3) is 0 Å². The zero-order valence-corrected chi connectivity index (χ0v) is 17.4. The molecule has 2 fully saturated rings. The summed E-state index contributed by atoms with van der Waals surface area (Å²) in [5, 5.41) is 17.8. The van der Waals surface area contributed by atoms with E-state index in [-0.39, 0.29) is 23.2 Å². The summed E-state index contributed by atoms with van der Waals surface area (Å²) in [6.45, 7) is 7.65. The molecule has 8 nitrogen and oxygen atoms in total. The van der Waals surface area contributed by atoms with E-state index in [1.54, 1.807) is 12.1 Å². The van der Waals surface area contributed by atoms with Crippen molar-refractivity contribution in [3.05, 3.63) is 33.9 Å². The average molecular weight is 405 g/mol. The number of hydrogen-bond donors (Lipinski definition) is 2. The predicted molar refractivity (Wildman–Crippen MR) is 112 cm³/mol. The van der Waals surface area contributed by atoms with Crippen molar-refractivity contribution in [2.45, 2.75) is 57.5 Å². The molecule has 0 atom stereocenters. The first-order valence-corrected chi connectivity index (χ1v) is 10.6. The number of nitrogens with one attached hydrogen (secondary N) is 2. The summed E-state index contributed by atoms with van der Waals surface area (Å²) in [7, 11) is 0. The van der Waals surface area contributed by atoms with Crippen molar-refractivity contribution in [3.63, 3.8) is 0 Å². The Hall–Kier alpha value is -2.19. The molecule has 2 N–H and O–H groups in total. The zero-order valence-electron chi connectivity index (χ0n) is 17.4. The molecule has 1 aliphatic carbocycles. The fraction of sp³-hybridized carbons (Fsp3) is 0.667. The zero-order chi connectivity index (χ0) is 20.9. The summed E-state index contributed by atoms with van der Waals surface area (Å²) in [4.78, 5) is 26.0. The highest BCUT2D eigenvalue weighted by molar-refractivity contribution is 5.95. The van der Waals surface area contributed by atoms with Gasteiger partial charge in [0.1, 0.15) is 5.69 Å². The van der Waals surface area contributed by atoms with E-state index in [0.717, 1.165) is 39.1 Å². The van der Waals surface area contributed by atoms with Crippen LogP contribution in [0.3, 0.4) is 0 Å². The highest BCUT2D eigenvalue weighted by atomic mass is 16.6. The number of nitrogens with zero attached hydrogens (tertiary/aromatic N) is 2. The van der Waals surface area contributed by atoms with Crippen molar-refractivity contribution in [2.75, 3.05) is 38.2 Å². The summed E-state index contributed by atoms with van der Waals surface area (Å²) < 4.78 is 5.52. The van der Waals surface area contributed by atoms with Gasteiger partial charge < -0.3 is 15.4 Å². The minimum Gasteiger partial charge on any atom is -0.379 e. The van der Waals surface area contributed by atoms with Crippen LogP contribution in [0, 0.1) is 10.1 Å². The first-order valence-electron chi connectivity index (χ1n) is 10.6. The molecule has 1 heterocycles. The quantitative estimate of drug-likeness (QED) is 0.535. The SMILES string of the molecule is CC(C)NC(=O)c1ccc(NCC2(N3CCOCC3)CCCCC2)c([N+](=O)[O-])c1. The van der Waals surface area contributed by atoms with Crippen LogP contribution >= 0.6 is 0 Å². The maximum atomic E-state index is 12.2. The molecule has 0 bridgehead atoms. The number of benzene rings is 1. The first kappa shape index (κ1) is 21.5. The van der Waals surface area contributed by atoms with Gasteiger partial charge in [-0.2, -0.15) is 0 Å². The van der Waals surface area contributed by atoms with Crippen molar-refractivity contribution in [1.29, 1.82) is 0 Å². The molecule has 1 aromatic carbocycles. The normalized spacial score (nSPS) is 19.7. The third-order valence-electron chi connectivity index (χ3n) is 5.95. The Kier molecular flexibility index (Phi) is 7.08. The molecule has 1 amide bonds.